The second-order valence-electron chi connectivity index (χ2n) is 3.74. The lowest BCUT2D eigenvalue weighted by atomic mass is 10.2. The lowest BCUT2D eigenvalue weighted by Gasteiger charge is -2.11. The van der Waals surface area contributed by atoms with E-state index in [1.807, 2.05) is 0 Å². The van der Waals surface area contributed by atoms with E-state index in [1.165, 1.54) is 6.07 Å². The Morgan fingerprint density at radius 2 is 2.00 bits per heavy atom. The smallest absolute Gasteiger partial charge is 0.320 e. The van der Waals surface area contributed by atoms with Crippen molar-refractivity contribution in [2.24, 2.45) is 0 Å². The molecule has 20 heavy (non-hydrogen) atoms. The number of rotatable bonds is 2. The molecule has 0 radical (unpaired) electrons. The molecule has 0 bridgehead atoms. The van der Waals surface area contributed by atoms with Gasteiger partial charge >= 0.3 is 6.18 Å². The molecule has 1 heterocycles. The molecule has 2 nitrogen and oxygen atoms in total. The van der Waals surface area contributed by atoms with Crippen molar-refractivity contribution < 1.29 is 18.0 Å². The van der Waals surface area contributed by atoms with Crippen molar-refractivity contribution in [3.63, 3.8) is 0 Å². The first-order valence-electron chi connectivity index (χ1n) is 5.20. The zero-order valence-electron chi connectivity index (χ0n) is 9.59. The van der Waals surface area contributed by atoms with Gasteiger partial charge in [-0.25, -0.2) is 0 Å². The van der Waals surface area contributed by atoms with Gasteiger partial charge in [0.05, 0.1) is 16.3 Å². The molecule has 0 aliphatic carbocycles. The third kappa shape index (κ3) is 3.34. The molecule has 1 amide bonds. The van der Waals surface area contributed by atoms with Crippen LogP contribution in [0.25, 0.3) is 0 Å². The maximum absolute atomic E-state index is 12.6. The predicted octanol–water partition coefficient (Wildman–Crippen LogP) is 5.44. The fraction of sp³-hybridized carbons (Fsp3) is 0.0833. The van der Waals surface area contributed by atoms with Gasteiger partial charge in [-0.3, -0.25) is 4.79 Å². The number of carbonyl (C=O) groups is 1. The molecule has 106 valence electrons. The van der Waals surface area contributed by atoms with E-state index >= 15 is 0 Å². The highest BCUT2D eigenvalue weighted by atomic mass is 79.9. The van der Waals surface area contributed by atoms with Gasteiger partial charge in [-0.2, -0.15) is 13.2 Å². The molecular weight excluding hydrogens is 379 g/mol. The van der Waals surface area contributed by atoms with Crippen LogP contribution in [-0.2, 0) is 6.18 Å². The Kier molecular flexibility index (Phi) is 4.41. The summed E-state index contributed by atoms with van der Waals surface area (Å²) in [7, 11) is 0. The topological polar surface area (TPSA) is 29.1 Å². The van der Waals surface area contributed by atoms with Crippen molar-refractivity contribution in [2.75, 3.05) is 5.32 Å². The van der Waals surface area contributed by atoms with Crippen LogP contribution in [0.5, 0.6) is 0 Å². The van der Waals surface area contributed by atoms with Crippen LogP contribution in [0.2, 0.25) is 5.02 Å². The Balaban J connectivity index is 2.30. The maximum Gasteiger partial charge on any atom is 0.416 e. The average Bonchev–Trinajstić information content (AvgIpc) is 2.77. The van der Waals surface area contributed by atoms with E-state index in [9.17, 15) is 18.0 Å². The quantitative estimate of drug-likeness (QED) is 0.734. The molecule has 0 aliphatic rings. The SMILES string of the molecule is O=C(Nc1cc(C(F)(F)F)ccc1Br)c1sccc1Cl. The van der Waals surface area contributed by atoms with Crippen molar-refractivity contribution in [2.45, 2.75) is 6.18 Å². The van der Waals surface area contributed by atoms with Crippen molar-refractivity contribution in [3.8, 4) is 0 Å². The van der Waals surface area contributed by atoms with Gasteiger partial charge in [-0.15, -0.1) is 11.3 Å². The van der Waals surface area contributed by atoms with Crippen LogP contribution in [-0.4, -0.2) is 5.91 Å². The Morgan fingerprint density at radius 1 is 1.30 bits per heavy atom. The lowest BCUT2D eigenvalue weighted by molar-refractivity contribution is -0.137. The number of hydrogen-bond donors (Lipinski definition) is 1. The second kappa shape index (κ2) is 5.75. The van der Waals surface area contributed by atoms with Gasteiger partial charge in [0.1, 0.15) is 4.88 Å². The van der Waals surface area contributed by atoms with Gasteiger partial charge in [-0.05, 0) is 45.6 Å². The van der Waals surface area contributed by atoms with Gasteiger partial charge < -0.3 is 5.32 Å². The summed E-state index contributed by atoms with van der Waals surface area (Å²) in [5, 5.41) is 4.29. The van der Waals surface area contributed by atoms with E-state index in [-0.39, 0.29) is 15.6 Å². The highest BCUT2D eigenvalue weighted by Gasteiger charge is 2.31. The minimum atomic E-state index is -4.47. The fourth-order valence-corrected chi connectivity index (χ4v) is 2.81. The predicted molar refractivity (Wildman–Crippen MR) is 76.4 cm³/mol. The van der Waals surface area contributed by atoms with Crippen molar-refractivity contribution in [1.29, 1.82) is 0 Å². The number of benzene rings is 1. The third-order valence-corrected chi connectivity index (χ3v) is 4.40. The molecule has 0 unspecified atom stereocenters. The van der Waals surface area contributed by atoms with Gasteiger partial charge in [0.2, 0.25) is 0 Å². The summed E-state index contributed by atoms with van der Waals surface area (Å²) in [5.74, 6) is -0.551. The zero-order valence-corrected chi connectivity index (χ0v) is 12.8. The van der Waals surface area contributed by atoms with Gasteiger partial charge in [0, 0.05) is 4.47 Å². The summed E-state index contributed by atoms with van der Waals surface area (Å²) in [6.45, 7) is 0. The molecular formula is C12H6BrClF3NOS. The van der Waals surface area contributed by atoms with E-state index in [1.54, 1.807) is 11.4 Å². The Hall–Kier alpha value is -1.05. The standard InChI is InChI=1S/C12H6BrClF3NOS/c13-7-2-1-6(12(15,16)17)5-9(7)18-11(19)10-8(14)3-4-20-10/h1-5H,(H,18,19). The zero-order chi connectivity index (χ0) is 14.9. The Labute approximate surface area is 129 Å². The van der Waals surface area contributed by atoms with Gasteiger partial charge in [0.15, 0.2) is 0 Å². The van der Waals surface area contributed by atoms with Gasteiger partial charge in [0.25, 0.3) is 5.91 Å². The number of amides is 1. The summed E-state index contributed by atoms with van der Waals surface area (Å²) in [6, 6.07) is 4.57. The minimum absolute atomic E-state index is 0.0364. The number of nitrogens with one attached hydrogen (secondary N) is 1. The van der Waals surface area contributed by atoms with Gasteiger partial charge in [-0.1, -0.05) is 11.6 Å². The van der Waals surface area contributed by atoms with Crippen LogP contribution < -0.4 is 5.32 Å². The monoisotopic (exact) mass is 383 g/mol. The van der Waals surface area contributed by atoms with Crippen LogP contribution >= 0.6 is 38.9 Å². The van der Waals surface area contributed by atoms with Crippen molar-refractivity contribution in [3.05, 3.63) is 49.6 Å². The van der Waals surface area contributed by atoms with E-state index in [4.69, 9.17) is 11.6 Å². The molecule has 0 spiro atoms. The number of hydrogen-bond acceptors (Lipinski definition) is 2. The lowest BCUT2D eigenvalue weighted by Crippen LogP contribution is -2.12. The summed E-state index contributed by atoms with van der Waals surface area (Å²) in [5.41, 5.74) is -0.803. The minimum Gasteiger partial charge on any atom is -0.320 e. The van der Waals surface area contributed by atoms with E-state index in [0.29, 0.717) is 4.47 Å². The summed E-state index contributed by atoms with van der Waals surface area (Å²) >= 11 is 10.0. The molecule has 2 rings (SSSR count). The summed E-state index contributed by atoms with van der Waals surface area (Å²) in [4.78, 5) is 12.2. The molecule has 8 heteroatoms. The van der Waals surface area contributed by atoms with Crippen LogP contribution in [0.3, 0.4) is 0 Å². The number of alkyl halides is 3. The highest BCUT2D eigenvalue weighted by Crippen LogP contribution is 2.34. The largest absolute Gasteiger partial charge is 0.416 e. The first-order chi connectivity index (χ1) is 9.29. The van der Waals surface area contributed by atoms with Crippen LogP contribution in [0, 0.1) is 0 Å². The summed E-state index contributed by atoms with van der Waals surface area (Å²) in [6.07, 6.45) is -4.47. The average molecular weight is 385 g/mol. The number of halogens is 5. The molecule has 1 aromatic carbocycles. The molecule has 0 atom stereocenters. The fourth-order valence-electron chi connectivity index (χ4n) is 1.43. The number of anilines is 1. The van der Waals surface area contributed by atoms with E-state index in [0.717, 1.165) is 23.5 Å². The molecule has 0 saturated heterocycles. The normalized spacial score (nSPS) is 11.4. The molecule has 0 saturated carbocycles. The van der Waals surface area contributed by atoms with Crippen LogP contribution in [0.15, 0.2) is 34.1 Å². The number of thiophene rings is 1. The third-order valence-electron chi connectivity index (χ3n) is 2.37. The number of carbonyl (C=O) groups excluding carboxylic acids is 1. The van der Waals surface area contributed by atoms with Crippen molar-refractivity contribution >= 4 is 50.5 Å². The molecule has 0 fully saturated rings. The molecule has 1 aromatic heterocycles. The Bertz CT molecular complexity index is 656. The second-order valence-corrected chi connectivity index (χ2v) is 5.92. The maximum atomic E-state index is 12.6. The Morgan fingerprint density at radius 3 is 2.55 bits per heavy atom. The van der Waals surface area contributed by atoms with Crippen LogP contribution in [0.1, 0.15) is 15.2 Å². The summed E-state index contributed by atoms with van der Waals surface area (Å²) < 4.78 is 38.2. The molecule has 2 aromatic rings. The van der Waals surface area contributed by atoms with Crippen molar-refractivity contribution in [1.82, 2.24) is 0 Å². The van der Waals surface area contributed by atoms with E-state index in [2.05, 4.69) is 21.2 Å². The first kappa shape index (κ1) is 15.3. The first-order valence-corrected chi connectivity index (χ1v) is 7.25. The van der Waals surface area contributed by atoms with E-state index < -0.39 is 17.6 Å². The van der Waals surface area contributed by atoms with Crippen LogP contribution in [0.4, 0.5) is 18.9 Å². The molecule has 0 aliphatic heterocycles. The molecule has 1 N–H and O–H groups in total. The highest BCUT2D eigenvalue weighted by molar-refractivity contribution is 9.10.